The molecule has 1 aromatic carbocycles. The number of imidazole rings is 1. The molecule has 0 aliphatic carbocycles. The molecule has 0 bridgehead atoms. The van der Waals surface area contributed by atoms with Crippen molar-refractivity contribution in [1.29, 1.82) is 0 Å². The molecule has 0 spiro atoms. The molecule has 3 aromatic rings. The molecule has 1 aliphatic heterocycles. The number of fused-ring (bicyclic) bond motifs is 1. The summed E-state index contributed by atoms with van der Waals surface area (Å²) in [5.74, 6) is 1.91. The van der Waals surface area contributed by atoms with Crippen LogP contribution in [0.15, 0.2) is 41.2 Å². The number of hydrogen-bond acceptors (Lipinski definition) is 6. The summed E-state index contributed by atoms with van der Waals surface area (Å²) in [5, 5.41) is 4.07. The highest BCUT2D eigenvalue weighted by molar-refractivity contribution is 5.90. The molecule has 0 N–H and O–H groups in total. The van der Waals surface area contributed by atoms with E-state index in [1.807, 2.05) is 18.5 Å². The van der Waals surface area contributed by atoms with Crippen LogP contribution in [0.4, 0.5) is 0 Å². The van der Waals surface area contributed by atoms with Gasteiger partial charge < -0.3 is 13.8 Å². The number of hydrogen-bond donors (Lipinski definition) is 0. The molecule has 122 valence electrons. The molecule has 2 aromatic heterocycles. The van der Waals surface area contributed by atoms with E-state index in [-0.39, 0.29) is 11.9 Å². The van der Waals surface area contributed by atoms with Gasteiger partial charge in [-0.05, 0) is 18.6 Å². The van der Waals surface area contributed by atoms with Crippen LogP contribution < -0.4 is 0 Å². The molecule has 1 atom stereocenters. The third kappa shape index (κ3) is 2.58. The summed E-state index contributed by atoms with van der Waals surface area (Å²) in [6, 6.07) is 7.01. The monoisotopic (exact) mass is 324 g/mol. The van der Waals surface area contributed by atoms with Gasteiger partial charge in [-0.15, -0.1) is 0 Å². The smallest absolute Gasteiger partial charge is 0.337 e. The molecule has 1 aliphatic rings. The van der Waals surface area contributed by atoms with Crippen LogP contribution in [-0.2, 0) is 17.7 Å². The van der Waals surface area contributed by atoms with Crippen LogP contribution >= 0.6 is 0 Å². The maximum absolute atomic E-state index is 11.6. The molecule has 0 fully saturated rings. The van der Waals surface area contributed by atoms with E-state index in [9.17, 15) is 4.79 Å². The standard InChI is InChI=1S/C17H16N4O3/c1-23-17(22)13-4-2-3-11(9-13)15-19-16(24-20-15)12-5-7-21-8-6-18-14(21)10-12/h2-4,6,8-9,12H,5,7,10H2,1H3. The fraction of sp³-hybridized carbons (Fsp3) is 0.294. The van der Waals surface area contributed by atoms with Crippen LogP contribution in [0.25, 0.3) is 11.4 Å². The molecular weight excluding hydrogens is 308 g/mol. The molecule has 0 saturated heterocycles. The fourth-order valence-electron chi connectivity index (χ4n) is 2.98. The first-order valence-corrected chi connectivity index (χ1v) is 7.77. The first-order valence-electron chi connectivity index (χ1n) is 7.77. The third-order valence-corrected chi connectivity index (χ3v) is 4.28. The highest BCUT2D eigenvalue weighted by atomic mass is 16.5. The number of carbonyl (C=O) groups excluding carboxylic acids is 1. The molecule has 0 amide bonds. The van der Waals surface area contributed by atoms with Crippen molar-refractivity contribution in [3.63, 3.8) is 0 Å². The molecule has 1 unspecified atom stereocenters. The topological polar surface area (TPSA) is 83.0 Å². The number of nitrogens with zero attached hydrogens (tertiary/aromatic N) is 4. The number of benzene rings is 1. The zero-order valence-corrected chi connectivity index (χ0v) is 13.2. The largest absolute Gasteiger partial charge is 0.465 e. The van der Waals surface area contributed by atoms with Crippen LogP contribution in [0.1, 0.15) is 34.4 Å². The van der Waals surface area contributed by atoms with Crippen molar-refractivity contribution in [1.82, 2.24) is 19.7 Å². The summed E-state index contributed by atoms with van der Waals surface area (Å²) in [5.41, 5.74) is 1.19. The lowest BCUT2D eigenvalue weighted by Crippen LogP contribution is -2.18. The molecule has 0 saturated carbocycles. The Hall–Kier alpha value is -2.96. The van der Waals surface area contributed by atoms with Gasteiger partial charge in [-0.2, -0.15) is 4.98 Å². The van der Waals surface area contributed by atoms with Gasteiger partial charge in [0.25, 0.3) is 0 Å². The predicted molar refractivity (Wildman–Crippen MR) is 84.4 cm³/mol. The lowest BCUT2D eigenvalue weighted by molar-refractivity contribution is 0.0601. The number of aryl methyl sites for hydroxylation is 1. The molecule has 0 radical (unpaired) electrons. The molecular formula is C17H16N4O3. The van der Waals surface area contributed by atoms with E-state index in [4.69, 9.17) is 9.26 Å². The van der Waals surface area contributed by atoms with Gasteiger partial charge in [0.15, 0.2) is 0 Å². The average molecular weight is 324 g/mol. The first-order chi connectivity index (χ1) is 11.7. The van der Waals surface area contributed by atoms with Gasteiger partial charge in [-0.1, -0.05) is 17.3 Å². The van der Waals surface area contributed by atoms with Crippen LogP contribution in [0.2, 0.25) is 0 Å². The zero-order chi connectivity index (χ0) is 16.5. The van der Waals surface area contributed by atoms with Crippen molar-refractivity contribution in [3.8, 4) is 11.4 Å². The van der Waals surface area contributed by atoms with Crippen LogP contribution in [0, 0.1) is 0 Å². The Morgan fingerprint density at radius 2 is 2.33 bits per heavy atom. The zero-order valence-electron chi connectivity index (χ0n) is 13.2. The second kappa shape index (κ2) is 5.92. The van der Waals surface area contributed by atoms with E-state index in [0.717, 1.165) is 30.8 Å². The van der Waals surface area contributed by atoms with Crippen molar-refractivity contribution in [3.05, 3.63) is 53.9 Å². The summed E-state index contributed by atoms with van der Waals surface area (Å²) in [6.45, 7) is 0.898. The van der Waals surface area contributed by atoms with E-state index in [0.29, 0.717) is 17.3 Å². The normalized spacial score (nSPS) is 16.6. The minimum atomic E-state index is -0.389. The van der Waals surface area contributed by atoms with Crippen molar-refractivity contribution in [2.75, 3.05) is 7.11 Å². The summed E-state index contributed by atoms with van der Waals surface area (Å²) in [7, 11) is 1.36. The summed E-state index contributed by atoms with van der Waals surface area (Å²) >= 11 is 0. The van der Waals surface area contributed by atoms with Gasteiger partial charge in [0.2, 0.25) is 11.7 Å². The number of aromatic nitrogens is 4. The Balaban J connectivity index is 1.58. The summed E-state index contributed by atoms with van der Waals surface area (Å²) < 4.78 is 12.3. The van der Waals surface area contributed by atoms with E-state index in [1.165, 1.54) is 7.11 Å². The van der Waals surface area contributed by atoms with Crippen molar-refractivity contribution in [2.45, 2.75) is 25.3 Å². The quantitative estimate of drug-likeness (QED) is 0.688. The van der Waals surface area contributed by atoms with E-state index in [2.05, 4.69) is 19.7 Å². The summed E-state index contributed by atoms with van der Waals surface area (Å²) in [4.78, 5) is 20.5. The lowest BCUT2D eigenvalue weighted by Gasteiger charge is -2.19. The molecule has 24 heavy (non-hydrogen) atoms. The van der Waals surface area contributed by atoms with Crippen molar-refractivity contribution in [2.24, 2.45) is 0 Å². The van der Waals surface area contributed by atoms with Crippen molar-refractivity contribution < 1.29 is 14.1 Å². The first kappa shape index (κ1) is 14.6. The van der Waals surface area contributed by atoms with Crippen LogP contribution in [0.5, 0.6) is 0 Å². The SMILES string of the molecule is COC(=O)c1cccc(-c2noc(C3CCn4ccnc4C3)n2)c1. The van der Waals surface area contributed by atoms with E-state index in [1.54, 1.807) is 18.2 Å². The Kier molecular flexibility index (Phi) is 3.60. The number of carbonyl (C=O) groups is 1. The van der Waals surface area contributed by atoms with Gasteiger partial charge in [0.05, 0.1) is 12.7 Å². The van der Waals surface area contributed by atoms with Gasteiger partial charge >= 0.3 is 5.97 Å². The molecule has 3 heterocycles. The third-order valence-electron chi connectivity index (χ3n) is 4.28. The van der Waals surface area contributed by atoms with Crippen LogP contribution in [0.3, 0.4) is 0 Å². The van der Waals surface area contributed by atoms with Gasteiger partial charge in [0.1, 0.15) is 5.82 Å². The van der Waals surface area contributed by atoms with Gasteiger partial charge in [0, 0.05) is 36.8 Å². The molecule has 7 nitrogen and oxygen atoms in total. The minimum absolute atomic E-state index is 0.171. The van der Waals surface area contributed by atoms with Crippen molar-refractivity contribution >= 4 is 5.97 Å². The van der Waals surface area contributed by atoms with Crippen LogP contribution in [-0.4, -0.2) is 32.8 Å². The number of esters is 1. The van der Waals surface area contributed by atoms with E-state index >= 15 is 0 Å². The maximum atomic E-state index is 11.6. The number of rotatable bonds is 3. The second-order valence-corrected chi connectivity index (χ2v) is 5.76. The second-order valence-electron chi connectivity index (χ2n) is 5.76. The lowest BCUT2D eigenvalue weighted by atomic mass is 9.98. The number of ether oxygens (including phenoxy) is 1. The fourth-order valence-corrected chi connectivity index (χ4v) is 2.98. The van der Waals surface area contributed by atoms with Gasteiger partial charge in [-0.3, -0.25) is 0 Å². The predicted octanol–water partition coefficient (Wildman–Crippen LogP) is 2.45. The Morgan fingerprint density at radius 1 is 1.42 bits per heavy atom. The highest BCUT2D eigenvalue weighted by Gasteiger charge is 2.25. The number of methoxy groups -OCH3 is 1. The minimum Gasteiger partial charge on any atom is -0.465 e. The molecule has 7 heteroatoms. The highest BCUT2D eigenvalue weighted by Crippen LogP contribution is 2.29. The Morgan fingerprint density at radius 3 is 3.21 bits per heavy atom. The summed E-state index contributed by atoms with van der Waals surface area (Å²) in [6.07, 6.45) is 5.53. The Bertz CT molecular complexity index is 883. The Labute approximate surface area is 138 Å². The maximum Gasteiger partial charge on any atom is 0.337 e. The molecule has 4 rings (SSSR count). The van der Waals surface area contributed by atoms with Gasteiger partial charge in [-0.25, -0.2) is 9.78 Å². The average Bonchev–Trinajstić information content (AvgIpc) is 3.29. The van der Waals surface area contributed by atoms with E-state index < -0.39 is 0 Å².